The van der Waals surface area contributed by atoms with E-state index in [0.717, 1.165) is 24.1 Å². The van der Waals surface area contributed by atoms with Crippen LogP contribution in [-0.2, 0) is 0 Å². The number of likely N-dealkylation sites (tertiary alicyclic amines) is 1. The van der Waals surface area contributed by atoms with Crippen LogP contribution in [0.4, 0.5) is 18.9 Å². The van der Waals surface area contributed by atoms with E-state index < -0.39 is 12.7 Å². The number of alkyl halides is 3. The first-order chi connectivity index (χ1) is 8.46. The SMILES string of the molecule is Nc1ccccc1C1CCN(CC(F)(F)F)CC1. The molecular weight excluding hydrogens is 241 g/mol. The maximum atomic E-state index is 12.3. The first-order valence-corrected chi connectivity index (χ1v) is 6.09. The van der Waals surface area contributed by atoms with Gasteiger partial charge in [0.25, 0.3) is 0 Å². The lowest BCUT2D eigenvalue weighted by Crippen LogP contribution is -2.39. The third kappa shape index (κ3) is 3.38. The van der Waals surface area contributed by atoms with E-state index in [2.05, 4.69) is 0 Å². The molecule has 0 saturated carbocycles. The number of para-hydroxylation sites is 1. The average molecular weight is 258 g/mol. The van der Waals surface area contributed by atoms with Gasteiger partial charge in [0.2, 0.25) is 0 Å². The van der Waals surface area contributed by atoms with Gasteiger partial charge in [0, 0.05) is 5.69 Å². The number of nitrogens with two attached hydrogens (primary N) is 1. The van der Waals surface area contributed by atoms with Gasteiger partial charge in [0.15, 0.2) is 0 Å². The summed E-state index contributed by atoms with van der Waals surface area (Å²) in [7, 11) is 0. The largest absolute Gasteiger partial charge is 0.401 e. The van der Waals surface area contributed by atoms with Crippen LogP contribution in [0.2, 0.25) is 0 Å². The molecule has 5 heteroatoms. The zero-order valence-corrected chi connectivity index (χ0v) is 10.1. The first kappa shape index (κ1) is 13.2. The highest BCUT2D eigenvalue weighted by atomic mass is 19.4. The number of anilines is 1. The van der Waals surface area contributed by atoms with Crippen LogP contribution in [0.25, 0.3) is 0 Å². The fourth-order valence-electron chi connectivity index (χ4n) is 2.54. The minimum atomic E-state index is -4.10. The Labute approximate surface area is 105 Å². The maximum absolute atomic E-state index is 12.3. The topological polar surface area (TPSA) is 29.3 Å². The van der Waals surface area contributed by atoms with E-state index in [-0.39, 0.29) is 5.92 Å². The monoisotopic (exact) mass is 258 g/mol. The minimum Gasteiger partial charge on any atom is -0.398 e. The molecule has 2 rings (SSSR count). The summed E-state index contributed by atoms with van der Waals surface area (Å²) in [5.41, 5.74) is 7.71. The molecule has 0 atom stereocenters. The van der Waals surface area contributed by atoms with Crippen LogP contribution in [-0.4, -0.2) is 30.7 Å². The van der Waals surface area contributed by atoms with Gasteiger partial charge in [-0.3, -0.25) is 4.90 Å². The zero-order chi connectivity index (χ0) is 13.2. The molecule has 0 spiro atoms. The van der Waals surface area contributed by atoms with Crippen molar-refractivity contribution >= 4 is 5.69 Å². The van der Waals surface area contributed by atoms with Gasteiger partial charge in [0.05, 0.1) is 6.54 Å². The molecule has 1 saturated heterocycles. The molecule has 0 bridgehead atoms. The van der Waals surface area contributed by atoms with Gasteiger partial charge < -0.3 is 5.73 Å². The highest BCUT2D eigenvalue weighted by molar-refractivity contribution is 5.48. The molecule has 1 aromatic rings. The van der Waals surface area contributed by atoms with Crippen LogP contribution in [0.3, 0.4) is 0 Å². The number of rotatable bonds is 2. The van der Waals surface area contributed by atoms with E-state index in [1.54, 1.807) is 0 Å². The molecule has 0 unspecified atom stereocenters. The molecular formula is C13H17F3N2. The second kappa shape index (κ2) is 5.18. The molecule has 100 valence electrons. The fourth-order valence-corrected chi connectivity index (χ4v) is 2.54. The number of nitrogens with zero attached hydrogens (tertiary/aromatic N) is 1. The minimum absolute atomic E-state index is 0.288. The molecule has 1 aliphatic rings. The number of halogens is 3. The van der Waals surface area contributed by atoms with E-state index in [0.29, 0.717) is 13.1 Å². The van der Waals surface area contributed by atoms with Gasteiger partial charge >= 0.3 is 6.18 Å². The van der Waals surface area contributed by atoms with Crippen molar-refractivity contribution in [3.05, 3.63) is 29.8 Å². The molecule has 0 aromatic heterocycles. The van der Waals surface area contributed by atoms with Crippen LogP contribution in [0.15, 0.2) is 24.3 Å². The van der Waals surface area contributed by atoms with Crippen molar-refractivity contribution in [2.45, 2.75) is 24.9 Å². The van der Waals surface area contributed by atoms with Crippen LogP contribution in [0.1, 0.15) is 24.3 Å². The van der Waals surface area contributed by atoms with Crippen LogP contribution < -0.4 is 5.73 Å². The predicted octanol–water partition coefficient (Wildman–Crippen LogP) is 3.01. The zero-order valence-electron chi connectivity index (χ0n) is 10.1. The van der Waals surface area contributed by atoms with Crippen molar-refractivity contribution in [1.29, 1.82) is 0 Å². The summed E-state index contributed by atoms with van der Waals surface area (Å²) in [6.07, 6.45) is -2.62. The first-order valence-electron chi connectivity index (χ1n) is 6.09. The van der Waals surface area contributed by atoms with Crippen molar-refractivity contribution in [1.82, 2.24) is 4.90 Å². The third-order valence-corrected chi connectivity index (χ3v) is 3.43. The van der Waals surface area contributed by atoms with Crippen molar-refractivity contribution in [2.75, 3.05) is 25.4 Å². The lowest BCUT2D eigenvalue weighted by Gasteiger charge is -2.32. The van der Waals surface area contributed by atoms with E-state index in [4.69, 9.17) is 5.73 Å². The Hall–Kier alpha value is -1.23. The maximum Gasteiger partial charge on any atom is 0.401 e. The summed E-state index contributed by atoms with van der Waals surface area (Å²) in [6, 6.07) is 7.61. The summed E-state index contributed by atoms with van der Waals surface area (Å²) >= 11 is 0. The predicted molar refractivity (Wildman–Crippen MR) is 65.3 cm³/mol. The Balaban J connectivity index is 1.93. The molecule has 1 fully saturated rings. The quantitative estimate of drug-likeness (QED) is 0.826. The third-order valence-electron chi connectivity index (χ3n) is 3.43. The van der Waals surface area contributed by atoms with Crippen LogP contribution in [0.5, 0.6) is 0 Å². The Morgan fingerprint density at radius 2 is 1.78 bits per heavy atom. The van der Waals surface area contributed by atoms with E-state index in [1.165, 1.54) is 4.90 Å². The summed E-state index contributed by atoms with van der Waals surface area (Å²) in [5.74, 6) is 0.288. The van der Waals surface area contributed by atoms with Crippen molar-refractivity contribution in [3.63, 3.8) is 0 Å². The number of hydrogen-bond acceptors (Lipinski definition) is 2. The number of nitrogen functional groups attached to an aromatic ring is 1. The normalized spacial score (nSPS) is 19.1. The fraction of sp³-hybridized carbons (Fsp3) is 0.538. The Morgan fingerprint density at radius 1 is 1.17 bits per heavy atom. The highest BCUT2D eigenvalue weighted by Gasteiger charge is 2.32. The van der Waals surface area contributed by atoms with E-state index in [1.807, 2.05) is 24.3 Å². The molecule has 18 heavy (non-hydrogen) atoms. The molecule has 2 N–H and O–H groups in total. The van der Waals surface area contributed by atoms with Crippen molar-refractivity contribution in [3.8, 4) is 0 Å². The van der Waals surface area contributed by atoms with Gasteiger partial charge in [-0.05, 0) is 43.5 Å². The smallest absolute Gasteiger partial charge is 0.398 e. The number of benzene rings is 1. The summed E-state index contributed by atoms with van der Waals surface area (Å²) in [6.45, 7) is 0.168. The molecule has 1 aliphatic heterocycles. The molecule has 1 heterocycles. The molecule has 1 aromatic carbocycles. The van der Waals surface area contributed by atoms with E-state index in [9.17, 15) is 13.2 Å². The highest BCUT2D eigenvalue weighted by Crippen LogP contribution is 2.32. The summed E-state index contributed by atoms with van der Waals surface area (Å²) in [5, 5.41) is 0. The number of piperidine rings is 1. The second-order valence-corrected chi connectivity index (χ2v) is 4.79. The van der Waals surface area contributed by atoms with Crippen molar-refractivity contribution in [2.24, 2.45) is 0 Å². The molecule has 0 amide bonds. The van der Waals surface area contributed by atoms with Crippen molar-refractivity contribution < 1.29 is 13.2 Å². The Bertz CT molecular complexity index is 395. The average Bonchev–Trinajstić information content (AvgIpc) is 2.29. The summed E-state index contributed by atoms with van der Waals surface area (Å²) < 4.78 is 36.8. The van der Waals surface area contributed by atoms with Gasteiger partial charge in [-0.2, -0.15) is 13.2 Å². The Morgan fingerprint density at radius 3 is 2.33 bits per heavy atom. The Kier molecular flexibility index (Phi) is 3.80. The second-order valence-electron chi connectivity index (χ2n) is 4.79. The lowest BCUT2D eigenvalue weighted by molar-refractivity contribution is -0.147. The lowest BCUT2D eigenvalue weighted by atomic mass is 9.88. The molecule has 0 aliphatic carbocycles. The van der Waals surface area contributed by atoms with Gasteiger partial charge in [0.1, 0.15) is 0 Å². The molecule has 0 radical (unpaired) electrons. The van der Waals surface area contributed by atoms with Crippen LogP contribution in [0, 0.1) is 0 Å². The van der Waals surface area contributed by atoms with Crippen LogP contribution >= 0.6 is 0 Å². The van der Waals surface area contributed by atoms with Gasteiger partial charge in [-0.25, -0.2) is 0 Å². The number of hydrogen-bond donors (Lipinski definition) is 1. The molecule has 2 nitrogen and oxygen atoms in total. The summed E-state index contributed by atoms with van der Waals surface area (Å²) in [4.78, 5) is 1.47. The van der Waals surface area contributed by atoms with E-state index >= 15 is 0 Å². The standard InChI is InChI=1S/C13H17F3N2/c14-13(15,16)9-18-7-5-10(6-8-18)11-3-1-2-4-12(11)17/h1-4,10H,5-9,17H2. The van der Waals surface area contributed by atoms with Gasteiger partial charge in [-0.1, -0.05) is 18.2 Å². The van der Waals surface area contributed by atoms with Gasteiger partial charge in [-0.15, -0.1) is 0 Å².